The first-order valence-corrected chi connectivity index (χ1v) is 8.36. The predicted octanol–water partition coefficient (Wildman–Crippen LogP) is 4.48. The average Bonchev–Trinajstić information content (AvgIpc) is 2.89. The Morgan fingerprint density at radius 3 is 2.54 bits per heavy atom. The van der Waals surface area contributed by atoms with Crippen LogP contribution < -0.4 is 5.32 Å². The predicted molar refractivity (Wildman–Crippen MR) is 97.2 cm³/mol. The van der Waals surface area contributed by atoms with Gasteiger partial charge >= 0.3 is 12.1 Å². The third-order valence-electron chi connectivity index (χ3n) is 3.48. The molecule has 0 aliphatic carbocycles. The van der Waals surface area contributed by atoms with Crippen LogP contribution in [-0.4, -0.2) is 29.4 Å². The number of hydrogen-bond acceptors (Lipinski definition) is 6. The summed E-state index contributed by atoms with van der Waals surface area (Å²) in [6, 6.07) is 5.29. The second-order valence-electron chi connectivity index (χ2n) is 6.84. The highest BCUT2D eigenvalue weighted by Gasteiger charge is 2.24. The molecular weight excluding hydrogens is 336 g/mol. The molecule has 0 spiro atoms. The fraction of sp³-hybridized carbons (Fsp3) is 0.421. The smallest absolute Gasteiger partial charge is 0.412 e. The van der Waals surface area contributed by atoms with Gasteiger partial charge in [-0.05, 0) is 59.2 Å². The topological polar surface area (TPSA) is 90.7 Å². The molecule has 0 aliphatic heterocycles. The zero-order valence-corrected chi connectivity index (χ0v) is 15.9. The van der Waals surface area contributed by atoms with Gasteiger partial charge in [-0.25, -0.2) is 9.59 Å². The fourth-order valence-corrected chi connectivity index (χ4v) is 2.38. The Hall–Kier alpha value is -2.83. The van der Waals surface area contributed by atoms with Gasteiger partial charge in [0.2, 0.25) is 0 Å². The average molecular weight is 360 g/mol. The number of ether oxygens (including phenoxy) is 2. The first-order valence-electron chi connectivity index (χ1n) is 8.36. The van der Waals surface area contributed by atoms with Crippen molar-refractivity contribution < 1.29 is 23.6 Å². The van der Waals surface area contributed by atoms with Crippen LogP contribution in [0.4, 0.5) is 10.5 Å². The van der Waals surface area contributed by atoms with Crippen molar-refractivity contribution in [3.05, 3.63) is 35.1 Å². The molecule has 0 unspecified atom stereocenters. The van der Waals surface area contributed by atoms with Gasteiger partial charge < -0.3 is 14.0 Å². The van der Waals surface area contributed by atoms with E-state index in [9.17, 15) is 9.59 Å². The Morgan fingerprint density at radius 2 is 1.92 bits per heavy atom. The van der Waals surface area contributed by atoms with Crippen molar-refractivity contribution in [1.29, 1.82) is 0 Å². The maximum atomic E-state index is 12.2. The van der Waals surface area contributed by atoms with Gasteiger partial charge in [-0.3, -0.25) is 5.32 Å². The molecule has 1 aromatic heterocycles. The molecule has 7 heteroatoms. The number of benzene rings is 1. The Kier molecular flexibility index (Phi) is 5.69. The van der Waals surface area contributed by atoms with Crippen molar-refractivity contribution in [2.75, 3.05) is 11.9 Å². The molecule has 26 heavy (non-hydrogen) atoms. The summed E-state index contributed by atoms with van der Waals surface area (Å²) in [5.41, 5.74) is 2.13. The third kappa shape index (κ3) is 4.62. The molecule has 0 aliphatic rings. The third-order valence-corrected chi connectivity index (χ3v) is 3.48. The fourth-order valence-electron chi connectivity index (χ4n) is 2.38. The van der Waals surface area contributed by atoms with Crippen LogP contribution in [0.15, 0.2) is 22.7 Å². The van der Waals surface area contributed by atoms with Gasteiger partial charge in [-0.1, -0.05) is 11.2 Å². The molecule has 1 amide bonds. The van der Waals surface area contributed by atoms with Crippen molar-refractivity contribution in [3.63, 3.8) is 0 Å². The highest BCUT2D eigenvalue weighted by molar-refractivity contribution is 5.98. The molecule has 2 rings (SSSR count). The Balaban J connectivity index is 2.37. The number of nitrogens with one attached hydrogen (secondary N) is 1. The number of rotatable bonds is 4. The van der Waals surface area contributed by atoms with E-state index in [2.05, 4.69) is 10.5 Å². The lowest BCUT2D eigenvalue weighted by Gasteiger charge is -2.20. The lowest BCUT2D eigenvalue weighted by molar-refractivity contribution is 0.0524. The van der Waals surface area contributed by atoms with Crippen LogP contribution in [0.2, 0.25) is 0 Å². The van der Waals surface area contributed by atoms with Gasteiger partial charge in [0.25, 0.3) is 0 Å². The molecule has 7 nitrogen and oxygen atoms in total. The van der Waals surface area contributed by atoms with E-state index < -0.39 is 17.7 Å². The van der Waals surface area contributed by atoms with Gasteiger partial charge in [0, 0.05) is 11.3 Å². The molecule has 2 aromatic rings. The number of carbonyl (C=O) groups is 2. The summed E-state index contributed by atoms with van der Waals surface area (Å²) in [7, 11) is 0. The van der Waals surface area contributed by atoms with E-state index in [1.807, 2.05) is 13.0 Å². The summed E-state index contributed by atoms with van der Waals surface area (Å²) in [4.78, 5) is 24.2. The number of anilines is 1. The largest absolute Gasteiger partial charge is 0.462 e. The van der Waals surface area contributed by atoms with Crippen LogP contribution in [0.25, 0.3) is 11.3 Å². The van der Waals surface area contributed by atoms with Gasteiger partial charge in [0.05, 0.1) is 6.61 Å². The van der Waals surface area contributed by atoms with Crippen molar-refractivity contribution in [1.82, 2.24) is 5.16 Å². The Labute approximate surface area is 152 Å². The van der Waals surface area contributed by atoms with Crippen LogP contribution in [0.5, 0.6) is 0 Å². The summed E-state index contributed by atoms with van der Waals surface area (Å²) >= 11 is 0. The van der Waals surface area contributed by atoms with Crippen molar-refractivity contribution in [2.45, 2.75) is 47.1 Å². The van der Waals surface area contributed by atoms with Gasteiger partial charge in [-0.2, -0.15) is 0 Å². The molecule has 140 valence electrons. The lowest BCUT2D eigenvalue weighted by Crippen LogP contribution is -2.27. The van der Waals surface area contributed by atoms with Crippen molar-refractivity contribution in [3.8, 4) is 11.3 Å². The van der Waals surface area contributed by atoms with Crippen molar-refractivity contribution >= 4 is 17.7 Å². The van der Waals surface area contributed by atoms with E-state index in [1.165, 1.54) is 0 Å². The normalized spacial score (nSPS) is 11.2. The monoisotopic (exact) mass is 360 g/mol. The molecule has 0 fully saturated rings. The number of esters is 1. The molecule has 1 N–H and O–H groups in total. The summed E-state index contributed by atoms with van der Waals surface area (Å²) in [5, 5.41) is 6.69. The quantitative estimate of drug-likeness (QED) is 0.808. The number of hydrogen-bond donors (Lipinski definition) is 1. The highest BCUT2D eigenvalue weighted by atomic mass is 16.6. The SMILES string of the molecule is CCOC(=O)c1c(-c2cc(NC(=O)OC(C)(C)C)ccc2C)noc1C. The maximum Gasteiger partial charge on any atom is 0.412 e. The Bertz CT molecular complexity index is 818. The van der Waals surface area contributed by atoms with Crippen LogP contribution in [0.3, 0.4) is 0 Å². The summed E-state index contributed by atoms with van der Waals surface area (Å²) in [5.74, 6) is -0.116. The van der Waals surface area contributed by atoms with Gasteiger partial charge in [-0.15, -0.1) is 0 Å². The van der Waals surface area contributed by atoms with Crippen LogP contribution in [-0.2, 0) is 9.47 Å². The summed E-state index contributed by atoms with van der Waals surface area (Å²) in [6.45, 7) is 10.9. The number of nitrogens with zero attached hydrogens (tertiary/aromatic N) is 1. The van der Waals surface area contributed by atoms with Crippen molar-refractivity contribution in [2.24, 2.45) is 0 Å². The second-order valence-corrected chi connectivity index (χ2v) is 6.84. The number of carbonyl (C=O) groups excluding carboxylic acids is 2. The first kappa shape index (κ1) is 19.5. The molecule has 0 saturated carbocycles. The minimum Gasteiger partial charge on any atom is -0.462 e. The van der Waals surface area contributed by atoms with Crippen LogP contribution in [0, 0.1) is 13.8 Å². The molecule has 1 aromatic carbocycles. The van der Waals surface area contributed by atoms with E-state index in [0.29, 0.717) is 22.7 Å². The molecular formula is C19H24N2O5. The molecule has 0 saturated heterocycles. The lowest BCUT2D eigenvalue weighted by atomic mass is 10.0. The minimum atomic E-state index is -0.599. The highest BCUT2D eigenvalue weighted by Crippen LogP contribution is 2.31. The van der Waals surface area contributed by atoms with E-state index in [-0.39, 0.29) is 12.2 Å². The zero-order valence-electron chi connectivity index (χ0n) is 15.9. The minimum absolute atomic E-state index is 0.252. The number of aromatic nitrogens is 1. The summed E-state index contributed by atoms with van der Waals surface area (Å²) in [6.07, 6.45) is -0.561. The maximum absolute atomic E-state index is 12.2. The standard InChI is InChI=1S/C19H24N2O5/c1-7-24-17(22)15-12(3)26-21-16(15)14-10-13(9-8-11(14)2)20-18(23)25-19(4,5)6/h8-10H,7H2,1-6H3,(H,20,23). The van der Waals surface area contributed by atoms with E-state index >= 15 is 0 Å². The van der Waals surface area contributed by atoms with Gasteiger partial charge in [0.1, 0.15) is 22.6 Å². The number of amides is 1. The zero-order chi connectivity index (χ0) is 19.5. The van der Waals surface area contributed by atoms with Gasteiger partial charge in [0.15, 0.2) is 0 Å². The van der Waals surface area contributed by atoms with E-state index in [0.717, 1.165) is 5.56 Å². The summed E-state index contributed by atoms with van der Waals surface area (Å²) < 4.78 is 15.5. The molecule has 0 bridgehead atoms. The number of aryl methyl sites for hydroxylation is 2. The van der Waals surface area contributed by atoms with Crippen LogP contribution in [0.1, 0.15) is 49.4 Å². The molecule has 0 atom stereocenters. The first-order chi connectivity index (χ1) is 12.1. The van der Waals surface area contributed by atoms with E-state index in [1.54, 1.807) is 46.8 Å². The van der Waals surface area contributed by atoms with E-state index in [4.69, 9.17) is 14.0 Å². The second kappa shape index (κ2) is 7.59. The van der Waals surface area contributed by atoms with Crippen LogP contribution >= 0.6 is 0 Å². The Morgan fingerprint density at radius 1 is 1.23 bits per heavy atom. The molecule has 1 heterocycles. The molecule has 0 radical (unpaired) electrons.